The highest BCUT2D eigenvalue weighted by atomic mass is 32.1. The standard InChI is InChI=1S/C9H11NOS/c1-11-9-6-2-4-8(10-9)5-3-7-12/h2-6,12H,7H2,1H3. The zero-order chi connectivity index (χ0) is 8.81. The van der Waals surface area contributed by atoms with Crippen molar-refractivity contribution >= 4 is 18.7 Å². The van der Waals surface area contributed by atoms with Gasteiger partial charge in [-0.1, -0.05) is 12.1 Å². The summed E-state index contributed by atoms with van der Waals surface area (Å²) in [6.07, 6.45) is 3.85. The number of pyridine rings is 1. The van der Waals surface area contributed by atoms with Crippen molar-refractivity contribution in [1.82, 2.24) is 4.98 Å². The van der Waals surface area contributed by atoms with E-state index < -0.39 is 0 Å². The molecular formula is C9H11NOS. The van der Waals surface area contributed by atoms with E-state index in [2.05, 4.69) is 17.6 Å². The molecule has 12 heavy (non-hydrogen) atoms. The summed E-state index contributed by atoms with van der Waals surface area (Å²) in [6.45, 7) is 0. The van der Waals surface area contributed by atoms with E-state index in [1.165, 1.54) is 0 Å². The maximum atomic E-state index is 4.97. The molecule has 0 aliphatic heterocycles. The third-order valence-corrected chi connectivity index (χ3v) is 1.56. The molecule has 0 spiro atoms. The minimum absolute atomic E-state index is 0.635. The van der Waals surface area contributed by atoms with Crippen molar-refractivity contribution in [3.05, 3.63) is 30.0 Å². The van der Waals surface area contributed by atoms with Gasteiger partial charge >= 0.3 is 0 Å². The molecule has 0 fully saturated rings. The molecular weight excluding hydrogens is 170 g/mol. The molecule has 0 unspecified atom stereocenters. The molecule has 64 valence electrons. The smallest absolute Gasteiger partial charge is 0.213 e. The lowest BCUT2D eigenvalue weighted by Crippen LogP contribution is -1.88. The topological polar surface area (TPSA) is 22.1 Å². The van der Waals surface area contributed by atoms with Crippen molar-refractivity contribution in [2.24, 2.45) is 0 Å². The summed E-state index contributed by atoms with van der Waals surface area (Å²) < 4.78 is 4.97. The third-order valence-electron chi connectivity index (χ3n) is 1.35. The van der Waals surface area contributed by atoms with Crippen molar-refractivity contribution in [2.45, 2.75) is 0 Å². The molecule has 3 heteroatoms. The summed E-state index contributed by atoms with van der Waals surface area (Å²) in [5.74, 6) is 1.36. The number of aromatic nitrogens is 1. The molecule has 0 aromatic carbocycles. The van der Waals surface area contributed by atoms with Crippen molar-refractivity contribution in [3.8, 4) is 5.88 Å². The molecule has 0 radical (unpaired) electrons. The molecule has 0 N–H and O–H groups in total. The monoisotopic (exact) mass is 181 g/mol. The van der Waals surface area contributed by atoms with Crippen LogP contribution in [0.25, 0.3) is 6.08 Å². The second-order valence-corrected chi connectivity index (χ2v) is 2.55. The van der Waals surface area contributed by atoms with E-state index in [1.807, 2.05) is 30.4 Å². The van der Waals surface area contributed by atoms with E-state index in [0.717, 1.165) is 11.4 Å². The number of hydrogen-bond donors (Lipinski definition) is 1. The lowest BCUT2D eigenvalue weighted by Gasteiger charge is -1.98. The van der Waals surface area contributed by atoms with Gasteiger partial charge in [0.15, 0.2) is 0 Å². The molecule has 1 heterocycles. The SMILES string of the molecule is COc1cccc(C=CCS)n1. The quantitative estimate of drug-likeness (QED) is 0.721. The van der Waals surface area contributed by atoms with Crippen molar-refractivity contribution < 1.29 is 4.74 Å². The van der Waals surface area contributed by atoms with E-state index in [0.29, 0.717) is 5.88 Å². The fraction of sp³-hybridized carbons (Fsp3) is 0.222. The molecule has 1 rings (SSSR count). The summed E-state index contributed by atoms with van der Waals surface area (Å²) in [5, 5.41) is 0. The fourth-order valence-electron chi connectivity index (χ4n) is 0.811. The summed E-state index contributed by atoms with van der Waals surface area (Å²) >= 11 is 4.05. The number of thiol groups is 1. The molecule has 0 atom stereocenters. The van der Waals surface area contributed by atoms with Crippen LogP contribution in [0.3, 0.4) is 0 Å². The second-order valence-electron chi connectivity index (χ2n) is 2.19. The highest BCUT2D eigenvalue weighted by Crippen LogP contribution is 2.07. The van der Waals surface area contributed by atoms with Crippen LogP contribution in [0.2, 0.25) is 0 Å². The Morgan fingerprint density at radius 3 is 3.08 bits per heavy atom. The van der Waals surface area contributed by atoms with Gasteiger partial charge in [-0.3, -0.25) is 0 Å². The van der Waals surface area contributed by atoms with Crippen LogP contribution in [0.15, 0.2) is 24.3 Å². The van der Waals surface area contributed by atoms with Gasteiger partial charge in [-0.2, -0.15) is 12.6 Å². The Hall–Kier alpha value is -0.960. The van der Waals surface area contributed by atoms with Gasteiger partial charge < -0.3 is 4.74 Å². The maximum absolute atomic E-state index is 4.97. The molecule has 0 bridgehead atoms. The molecule has 0 amide bonds. The van der Waals surface area contributed by atoms with Gasteiger partial charge in [-0.25, -0.2) is 4.98 Å². The predicted molar refractivity (Wildman–Crippen MR) is 53.7 cm³/mol. The van der Waals surface area contributed by atoms with Crippen LogP contribution in [-0.2, 0) is 0 Å². The Bertz CT molecular complexity index is 273. The van der Waals surface area contributed by atoms with Crippen LogP contribution < -0.4 is 4.74 Å². The summed E-state index contributed by atoms with van der Waals surface area (Å²) in [7, 11) is 1.61. The van der Waals surface area contributed by atoms with E-state index in [-0.39, 0.29) is 0 Å². The molecule has 0 saturated carbocycles. The number of ether oxygens (including phenoxy) is 1. The molecule has 0 saturated heterocycles. The van der Waals surface area contributed by atoms with E-state index >= 15 is 0 Å². The summed E-state index contributed by atoms with van der Waals surface area (Å²) in [5.41, 5.74) is 0.892. The second kappa shape index (κ2) is 4.83. The highest BCUT2D eigenvalue weighted by molar-refractivity contribution is 7.80. The van der Waals surface area contributed by atoms with Gasteiger partial charge in [0.25, 0.3) is 0 Å². The van der Waals surface area contributed by atoms with E-state index in [4.69, 9.17) is 4.74 Å². The van der Waals surface area contributed by atoms with E-state index in [9.17, 15) is 0 Å². The van der Waals surface area contributed by atoms with Gasteiger partial charge in [0.05, 0.1) is 12.8 Å². The number of rotatable bonds is 3. The zero-order valence-corrected chi connectivity index (χ0v) is 7.79. The van der Waals surface area contributed by atoms with Crippen LogP contribution in [0.1, 0.15) is 5.69 Å². The Morgan fingerprint density at radius 2 is 2.42 bits per heavy atom. The average Bonchev–Trinajstić information content (AvgIpc) is 2.15. The predicted octanol–water partition coefficient (Wildman–Crippen LogP) is 2.03. The minimum Gasteiger partial charge on any atom is -0.481 e. The van der Waals surface area contributed by atoms with Crippen LogP contribution in [0.5, 0.6) is 5.88 Å². The summed E-state index contributed by atoms with van der Waals surface area (Å²) in [6, 6.07) is 5.64. The van der Waals surface area contributed by atoms with Crippen LogP contribution in [0.4, 0.5) is 0 Å². The Morgan fingerprint density at radius 1 is 1.58 bits per heavy atom. The van der Waals surface area contributed by atoms with Gasteiger partial charge in [0.2, 0.25) is 5.88 Å². The normalized spacial score (nSPS) is 10.5. The largest absolute Gasteiger partial charge is 0.481 e. The maximum Gasteiger partial charge on any atom is 0.213 e. The van der Waals surface area contributed by atoms with E-state index in [1.54, 1.807) is 7.11 Å². The molecule has 0 aliphatic carbocycles. The van der Waals surface area contributed by atoms with Gasteiger partial charge in [0, 0.05) is 11.8 Å². The Balaban J connectivity index is 2.79. The van der Waals surface area contributed by atoms with Crippen LogP contribution in [0, 0.1) is 0 Å². The zero-order valence-electron chi connectivity index (χ0n) is 6.90. The molecule has 1 aromatic heterocycles. The molecule has 1 aromatic rings. The number of methoxy groups -OCH3 is 1. The van der Waals surface area contributed by atoms with Gasteiger partial charge in [0.1, 0.15) is 0 Å². The number of nitrogens with zero attached hydrogens (tertiary/aromatic N) is 1. The first kappa shape index (κ1) is 9.13. The molecule has 2 nitrogen and oxygen atoms in total. The van der Waals surface area contributed by atoms with Crippen molar-refractivity contribution in [2.75, 3.05) is 12.9 Å². The molecule has 0 aliphatic rings. The first-order valence-corrected chi connectivity index (χ1v) is 4.28. The van der Waals surface area contributed by atoms with Crippen LogP contribution in [-0.4, -0.2) is 17.8 Å². The minimum atomic E-state index is 0.635. The van der Waals surface area contributed by atoms with Gasteiger partial charge in [-0.15, -0.1) is 0 Å². The first-order valence-electron chi connectivity index (χ1n) is 3.65. The van der Waals surface area contributed by atoms with Gasteiger partial charge in [-0.05, 0) is 12.1 Å². The fourth-order valence-corrected chi connectivity index (χ4v) is 0.916. The van der Waals surface area contributed by atoms with Crippen molar-refractivity contribution in [1.29, 1.82) is 0 Å². The van der Waals surface area contributed by atoms with Crippen LogP contribution >= 0.6 is 12.6 Å². The van der Waals surface area contributed by atoms with Crippen molar-refractivity contribution in [3.63, 3.8) is 0 Å². The average molecular weight is 181 g/mol. The Kier molecular flexibility index (Phi) is 3.67. The lowest BCUT2D eigenvalue weighted by atomic mass is 10.3. The first-order chi connectivity index (χ1) is 5.86. The lowest BCUT2D eigenvalue weighted by molar-refractivity contribution is 0.397. The third kappa shape index (κ3) is 2.58. The Labute approximate surface area is 77.7 Å². The summed E-state index contributed by atoms with van der Waals surface area (Å²) in [4.78, 5) is 4.19. The number of hydrogen-bond acceptors (Lipinski definition) is 3. The highest BCUT2D eigenvalue weighted by Gasteiger charge is 1.91.